The molecule has 3 rings (SSSR count). The first-order valence-corrected chi connectivity index (χ1v) is 6.86. The monoisotopic (exact) mass is 230 g/mol. The van der Waals surface area contributed by atoms with E-state index in [2.05, 4.69) is 35.2 Å². The predicted octanol–water partition coefficient (Wildman–Crippen LogP) is 2.39. The highest BCUT2D eigenvalue weighted by Crippen LogP contribution is 2.39. The zero-order chi connectivity index (χ0) is 11.7. The minimum Gasteiger partial charge on any atom is -0.330 e. The summed E-state index contributed by atoms with van der Waals surface area (Å²) < 4.78 is 0. The van der Waals surface area contributed by atoms with E-state index < -0.39 is 0 Å². The quantitative estimate of drug-likeness (QED) is 0.864. The molecule has 92 valence electrons. The van der Waals surface area contributed by atoms with Gasteiger partial charge in [-0.25, -0.2) is 0 Å². The number of hydrogen-bond acceptors (Lipinski definition) is 2. The van der Waals surface area contributed by atoms with Gasteiger partial charge in [-0.2, -0.15) is 0 Å². The second-order valence-electron chi connectivity index (χ2n) is 5.62. The van der Waals surface area contributed by atoms with Gasteiger partial charge in [0.2, 0.25) is 0 Å². The topological polar surface area (TPSA) is 29.3 Å². The Kier molecular flexibility index (Phi) is 3.17. The summed E-state index contributed by atoms with van der Waals surface area (Å²) in [6.45, 7) is 2.01. The smallest absolute Gasteiger partial charge is 0.0239 e. The summed E-state index contributed by atoms with van der Waals surface area (Å²) in [6, 6.07) is 12.5. The maximum Gasteiger partial charge on any atom is 0.0239 e. The number of nitrogens with zero attached hydrogens (tertiary/aromatic N) is 1. The first-order valence-electron chi connectivity index (χ1n) is 6.86. The Bertz CT molecular complexity index is 348. The summed E-state index contributed by atoms with van der Waals surface area (Å²) in [5, 5.41) is 0. The molecule has 2 aliphatic rings. The molecule has 0 amide bonds. The number of nitrogens with two attached hydrogens (primary N) is 1. The minimum atomic E-state index is 0.777. The molecule has 2 saturated heterocycles. The van der Waals surface area contributed by atoms with Gasteiger partial charge in [-0.15, -0.1) is 0 Å². The van der Waals surface area contributed by atoms with Crippen LogP contribution in [0, 0.1) is 5.92 Å². The van der Waals surface area contributed by atoms with Crippen molar-refractivity contribution in [1.82, 2.24) is 4.90 Å². The standard InChI is InChI=1S/C15H22N2/c16-10-13-8-14-6-7-15(9-13)17(14)11-12-4-2-1-3-5-12/h1-5,13-15H,6-11,16H2/t14-,15-/m1/s1. The molecule has 1 aromatic carbocycles. The molecule has 0 saturated carbocycles. The van der Waals surface area contributed by atoms with Crippen LogP contribution < -0.4 is 5.73 Å². The third-order valence-electron chi connectivity index (χ3n) is 4.52. The molecule has 0 aromatic heterocycles. The third-order valence-corrected chi connectivity index (χ3v) is 4.52. The van der Waals surface area contributed by atoms with E-state index in [1.165, 1.54) is 31.2 Å². The van der Waals surface area contributed by atoms with Crippen molar-refractivity contribution in [3.05, 3.63) is 35.9 Å². The first kappa shape index (κ1) is 11.2. The lowest BCUT2D eigenvalue weighted by Gasteiger charge is -2.38. The van der Waals surface area contributed by atoms with Gasteiger partial charge in [0.05, 0.1) is 0 Å². The SMILES string of the molecule is NCC1C[C@H]2CC[C@H](C1)N2Cc1ccccc1. The van der Waals surface area contributed by atoms with E-state index in [1.807, 2.05) is 0 Å². The largest absolute Gasteiger partial charge is 0.330 e. The van der Waals surface area contributed by atoms with Gasteiger partial charge >= 0.3 is 0 Å². The van der Waals surface area contributed by atoms with Crippen LogP contribution in [0.2, 0.25) is 0 Å². The summed E-state index contributed by atoms with van der Waals surface area (Å²) >= 11 is 0. The molecule has 2 heterocycles. The van der Waals surface area contributed by atoms with Crippen molar-refractivity contribution in [2.45, 2.75) is 44.3 Å². The highest BCUT2D eigenvalue weighted by atomic mass is 15.2. The lowest BCUT2D eigenvalue weighted by atomic mass is 9.90. The van der Waals surface area contributed by atoms with Gasteiger partial charge in [0.25, 0.3) is 0 Å². The van der Waals surface area contributed by atoms with E-state index in [4.69, 9.17) is 5.73 Å². The maximum absolute atomic E-state index is 5.83. The Morgan fingerprint density at radius 3 is 2.29 bits per heavy atom. The zero-order valence-electron chi connectivity index (χ0n) is 10.4. The van der Waals surface area contributed by atoms with Crippen LogP contribution in [-0.4, -0.2) is 23.5 Å². The van der Waals surface area contributed by atoms with Crippen molar-refractivity contribution in [3.8, 4) is 0 Å². The van der Waals surface area contributed by atoms with Gasteiger partial charge < -0.3 is 5.73 Å². The Labute approximate surface area is 104 Å². The van der Waals surface area contributed by atoms with Gasteiger partial charge in [0.15, 0.2) is 0 Å². The zero-order valence-corrected chi connectivity index (χ0v) is 10.4. The van der Waals surface area contributed by atoms with Crippen molar-refractivity contribution < 1.29 is 0 Å². The van der Waals surface area contributed by atoms with Crippen molar-refractivity contribution in [3.63, 3.8) is 0 Å². The predicted molar refractivity (Wildman–Crippen MR) is 70.6 cm³/mol. The molecule has 0 radical (unpaired) electrons. The fourth-order valence-corrected chi connectivity index (χ4v) is 3.63. The molecule has 2 fully saturated rings. The molecule has 2 bridgehead atoms. The number of benzene rings is 1. The normalized spacial score (nSPS) is 32.9. The molecule has 17 heavy (non-hydrogen) atoms. The van der Waals surface area contributed by atoms with E-state index in [0.717, 1.165) is 31.1 Å². The van der Waals surface area contributed by atoms with Gasteiger partial charge in [0.1, 0.15) is 0 Å². The van der Waals surface area contributed by atoms with Crippen LogP contribution in [0.1, 0.15) is 31.2 Å². The van der Waals surface area contributed by atoms with E-state index in [-0.39, 0.29) is 0 Å². The van der Waals surface area contributed by atoms with Crippen LogP contribution in [0.5, 0.6) is 0 Å². The van der Waals surface area contributed by atoms with Gasteiger partial charge in [0, 0.05) is 18.6 Å². The Balaban J connectivity index is 1.69. The molecular formula is C15H22N2. The van der Waals surface area contributed by atoms with Crippen LogP contribution in [0.4, 0.5) is 0 Å². The summed E-state index contributed by atoms with van der Waals surface area (Å²) in [6.07, 6.45) is 5.40. The molecule has 0 aliphatic carbocycles. The van der Waals surface area contributed by atoms with E-state index in [1.54, 1.807) is 0 Å². The molecule has 2 aliphatic heterocycles. The van der Waals surface area contributed by atoms with E-state index >= 15 is 0 Å². The second kappa shape index (κ2) is 4.79. The minimum absolute atomic E-state index is 0.777. The molecular weight excluding hydrogens is 208 g/mol. The molecule has 0 unspecified atom stereocenters. The average molecular weight is 230 g/mol. The number of piperidine rings is 1. The fourth-order valence-electron chi connectivity index (χ4n) is 3.63. The lowest BCUT2D eigenvalue weighted by Crippen LogP contribution is -2.43. The van der Waals surface area contributed by atoms with Crippen LogP contribution in [0.3, 0.4) is 0 Å². The van der Waals surface area contributed by atoms with Gasteiger partial charge in [-0.05, 0) is 43.7 Å². The van der Waals surface area contributed by atoms with Crippen molar-refractivity contribution in [2.24, 2.45) is 11.7 Å². The van der Waals surface area contributed by atoms with E-state index in [9.17, 15) is 0 Å². The van der Waals surface area contributed by atoms with Gasteiger partial charge in [-0.3, -0.25) is 4.90 Å². The summed E-state index contributed by atoms with van der Waals surface area (Å²) in [5.74, 6) is 0.777. The molecule has 2 N–H and O–H groups in total. The van der Waals surface area contributed by atoms with E-state index in [0.29, 0.717) is 0 Å². The number of hydrogen-bond donors (Lipinski definition) is 1. The first-order chi connectivity index (χ1) is 8.36. The highest BCUT2D eigenvalue weighted by Gasteiger charge is 2.39. The van der Waals surface area contributed by atoms with Crippen LogP contribution in [-0.2, 0) is 6.54 Å². The Morgan fingerprint density at radius 2 is 1.71 bits per heavy atom. The molecule has 2 heteroatoms. The molecule has 2 nitrogen and oxygen atoms in total. The highest BCUT2D eigenvalue weighted by molar-refractivity contribution is 5.15. The maximum atomic E-state index is 5.83. The number of rotatable bonds is 3. The summed E-state index contributed by atoms with van der Waals surface area (Å²) in [7, 11) is 0. The average Bonchev–Trinajstić information content (AvgIpc) is 2.63. The molecule has 0 spiro atoms. The van der Waals surface area contributed by atoms with Gasteiger partial charge in [-0.1, -0.05) is 30.3 Å². The van der Waals surface area contributed by atoms with Crippen LogP contribution in [0.25, 0.3) is 0 Å². The lowest BCUT2D eigenvalue weighted by molar-refractivity contribution is 0.0988. The molecule has 2 atom stereocenters. The Morgan fingerprint density at radius 1 is 1.06 bits per heavy atom. The second-order valence-corrected chi connectivity index (χ2v) is 5.62. The van der Waals surface area contributed by atoms with Crippen molar-refractivity contribution in [2.75, 3.05) is 6.54 Å². The fraction of sp³-hybridized carbons (Fsp3) is 0.600. The summed E-state index contributed by atoms with van der Waals surface area (Å²) in [4.78, 5) is 2.72. The summed E-state index contributed by atoms with van der Waals surface area (Å²) in [5.41, 5.74) is 7.29. The van der Waals surface area contributed by atoms with Crippen molar-refractivity contribution >= 4 is 0 Å². The Hall–Kier alpha value is -0.860. The number of fused-ring (bicyclic) bond motifs is 2. The van der Waals surface area contributed by atoms with Crippen LogP contribution >= 0.6 is 0 Å². The van der Waals surface area contributed by atoms with Crippen LogP contribution in [0.15, 0.2) is 30.3 Å². The van der Waals surface area contributed by atoms with Crippen molar-refractivity contribution in [1.29, 1.82) is 0 Å². The third kappa shape index (κ3) is 2.24. The molecule has 1 aromatic rings.